The lowest BCUT2D eigenvalue weighted by Gasteiger charge is -2.36. The third kappa shape index (κ3) is 4.35. The summed E-state index contributed by atoms with van der Waals surface area (Å²) in [6, 6.07) is 5.22. The van der Waals surface area contributed by atoms with Crippen molar-refractivity contribution in [3.8, 4) is 0 Å². The summed E-state index contributed by atoms with van der Waals surface area (Å²) in [5, 5.41) is 4.32. The van der Waals surface area contributed by atoms with E-state index >= 15 is 0 Å². The van der Waals surface area contributed by atoms with Crippen molar-refractivity contribution in [2.75, 3.05) is 13.1 Å². The Labute approximate surface area is 136 Å². The molecule has 0 saturated carbocycles. The molecular weight excluding hydrogens is 309 g/mol. The Hall–Kier alpha value is -0.770. The predicted molar refractivity (Wildman–Crippen MR) is 85.9 cm³/mol. The van der Waals surface area contributed by atoms with Gasteiger partial charge >= 0.3 is 5.97 Å². The number of nitrogens with one attached hydrogen (secondary N) is 1. The average molecular weight is 330 g/mol. The number of esters is 1. The fraction of sp³-hybridized carbons (Fsp3) is 0.562. The Morgan fingerprint density at radius 3 is 2.43 bits per heavy atom. The molecule has 1 fully saturated rings. The Bertz CT molecular complexity index is 491. The van der Waals surface area contributed by atoms with Crippen LogP contribution in [-0.4, -0.2) is 24.7 Å². The van der Waals surface area contributed by atoms with Crippen LogP contribution in [0.3, 0.4) is 0 Å². The van der Waals surface area contributed by atoms with Gasteiger partial charge in [-0.3, -0.25) is 4.79 Å². The molecule has 1 heterocycles. The van der Waals surface area contributed by atoms with Crippen molar-refractivity contribution in [1.82, 2.24) is 5.32 Å². The molecule has 2 rings (SSSR count). The van der Waals surface area contributed by atoms with Crippen LogP contribution in [0.4, 0.5) is 0 Å². The second-order valence-electron chi connectivity index (χ2n) is 5.98. The predicted octanol–water partition coefficient (Wildman–Crippen LogP) is 3.86. The van der Waals surface area contributed by atoms with Crippen LogP contribution in [0.1, 0.15) is 32.3 Å². The Balaban J connectivity index is 2.00. The summed E-state index contributed by atoms with van der Waals surface area (Å²) in [4.78, 5) is 12.2. The smallest absolute Gasteiger partial charge is 0.310 e. The van der Waals surface area contributed by atoms with Gasteiger partial charge in [0.15, 0.2) is 0 Å². The molecular formula is C16H21Cl2NO2. The number of benzene rings is 1. The maximum atomic E-state index is 12.2. The number of ether oxygens (including phenoxy) is 1. The van der Waals surface area contributed by atoms with Crippen molar-refractivity contribution in [3.05, 3.63) is 33.8 Å². The maximum Gasteiger partial charge on any atom is 0.310 e. The molecule has 0 aromatic heterocycles. The van der Waals surface area contributed by atoms with Gasteiger partial charge in [0.1, 0.15) is 5.60 Å². The van der Waals surface area contributed by atoms with Crippen LogP contribution < -0.4 is 5.32 Å². The highest BCUT2D eigenvalue weighted by Gasteiger charge is 2.34. The van der Waals surface area contributed by atoms with Gasteiger partial charge in [-0.15, -0.1) is 0 Å². The highest BCUT2D eigenvalue weighted by molar-refractivity contribution is 6.36. The zero-order valence-electron chi connectivity index (χ0n) is 12.4. The van der Waals surface area contributed by atoms with Crippen LogP contribution in [0, 0.1) is 5.92 Å². The summed E-state index contributed by atoms with van der Waals surface area (Å²) >= 11 is 12.2. The lowest BCUT2D eigenvalue weighted by molar-refractivity contribution is -0.161. The Kier molecular flexibility index (Phi) is 5.53. The van der Waals surface area contributed by atoms with Crippen LogP contribution in [0.25, 0.3) is 0 Å². The van der Waals surface area contributed by atoms with Gasteiger partial charge in [0, 0.05) is 21.5 Å². The van der Waals surface area contributed by atoms with Gasteiger partial charge in [0.25, 0.3) is 0 Å². The summed E-state index contributed by atoms with van der Waals surface area (Å²) < 4.78 is 5.71. The number of carbonyl (C=O) groups is 1. The number of halogens is 2. The number of hydrogen-bond acceptors (Lipinski definition) is 3. The Morgan fingerprint density at radius 1 is 1.29 bits per heavy atom. The standard InChI is InChI=1S/C16H21Cl2NO2/c1-16(2,11-6-8-19-9-7-11)21-15(20)10-12-13(17)4-3-5-14(12)18/h3-5,11,19H,6-10H2,1-2H3. The average Bonchev–Trinajstić information content (AvgIpc) is 2.43. The molecule has 3 nitrogen and oxygen atoms in total. The molecule has 1 aromatic carbocycles. The van der Waals surface area contributed by atoms with E-state index in [4.69, 9.17) is 27.9 Å². The van der Waals surface area contributed by atoms with Crippen LogP contribution >= 0.6 is 23.2 Å². The number of carbonyl (C=O) groups excluding carboxylic acids is 1. The van der Waals surface area contributed by atoms with Gasteiger partial charge in [0.05, 0.1) is 6.42 Å². The molecule has 0 aliphatic carbocycles. The van der Waals surface area contributed by atoms with E-state index in [1.807, 2.05) is 13.8 Å². The summed E-state index contributed by atoms with van der Waals surface area (Å²) in [5.74, 6) is 0.0953. The first kappa shape index (κ1) is 16.6. The highest BCUT2D eigenvalue weighted by Crippen LogP contribution is 2.30. The zero-order valence-corrected chi connectivity index (χ0v) is 13.9. The van der Waals surface area contributed by atoms with Gasteiger partial charge in [-0.2, -0.15) is 0 Å². The largest absolute Gasteiger partial charge is 0.459 e. The second kappa shape index (κ2) is 6.99. The van der Waals surface area contributed by atoms with E-state index in [1.54, 1.807) is 18.2 Å². The third-order valence-electron chi connectivity index (χ3n) is 4.08. The first-order valence-corrected chi connectivity index (χ1v) is 8.01. The highest BCUT2D eigenvalue weighted by atomic mass is 35.5. The van der Waals surface area contributed by atoms with Crippen LogP contribution in [-0.2, 0) is 16.0 Å². The molecule has 0 spiro atoms. The molecule has 1 aliphatic rings. The van der Waals surface area contributed by atoms with E-state index in [1.165, 1.54) is 0 Å². The topological polar surface area (TPSA) is 38.3 Å². The van der Waals surface area contributed by atoms with Crippen molar-refractivity contribution in [2.45, 2.75) is 38.7 Å². The molecule has 21 heavy (non-hydrogen) atoms. The van der Waals surface area contributed by atoms with Crippen molar-refractivity contribution in [2.24, 2.45) is 5.92 Å². The van der Waals surface area contributed by atoms with Gasteiger partial charge < -0.3 is 10.1 Å². The van der Waals surface area contributed by atoms with E-state index in [0.29, 0.717) is 21.5 Å². The van der Waals surface area contributed by atoms with Gasteiger partial charge in [-0.25, -0.2) is 0 Å². The second-order valence-corrected chi connectivity index (χ2v) is 6.79. The Morgan fingerprint density at radius 2 is 1.86 bits per heavy atom. The molecule has 116 valence electrons. The van der Waals surface area contributed by atoms with Crippen molar-refractivity contribution < 1.29 is 9.53 Å². The SMILES string of the molecule is CC(C)(OC(=O)Cc1c(Cl)cccc1Cl)C1CCNCC1. The summed E-state index contributed by atoms with van der Waals surface area (Å²) in [5.41, 5.74) is 0.166. The lowest BCUT2D eigenvalue weighted by atomic mass is 9.83. The fourth-order valence-electron chi connectivity index (χ4n) is 2.78. The molecule has 1 aliphatic heterocycles. The van der Waals surface area contributed by atoms with Crippen molar-refractivity contribution >= 4 is 29.2 Å². The van der Waals surface area contributed by atoms with E-state index in [2.05, 4.69) is 5.32 Å². The monoisotopic (exact) mass is 329 g/mol. The molecule has 1 aromatic rings. The molecule has 1 saturated heterocycles. The van der Waals surface area contributed by atoms with Crippen LogP contribution in [0.15, 0.2) is 18.2 Å². The fourth-order valence-corrected chi connectivity index (χ4v) is 3.31. The number of rotatable bonds is 4. The molecule has 0 radical (unpaired) electrons. The van der Waals surface area contributed by atoms with Crippen LogP contribution in [0.5, 0.6) is 0 Å². The van der Waals surface area contributed by atoms with Crippen LogP contribution in [0.2, 0.25) is 10.0 Å². The molecule has 0 bridgehead atoms. The van der Waals surface area contributed by atoms with Gasteiger partial charge in [-0.1, -0.05) is 29.3 Å². The third-order valence-corrected chi connectivity index (χ3v) is 4.79. The molecule has 0 atom stereocenters. The van der Waals surface area contributed by atoms with Crippen molar-refractivity contribution in [1.29, 1.82) is 0 Å². The summed E-state index contributed by atoms with van der Waals surface area (Å²) in [7, 11) is 0. The lowest BCUT2D eigenvalue weighted by Crippen LogP contribution is -2.43. The van der Waals surface area contributed by atoms with E-state index in [-0.39, 0.29) is 12.4 Å². The molecule has 1 N–H and O–H groups in total. The van der Waals surface area contributed by atoms with E-state index in [9.17, 15) is 4.79 Å². The summed E-state index contributed by atoms with van der Waals surface area (Å²) in [6.07, 6.45) is 2.15. The van der Waals surface area contributed by atoms with Crippen molar-refractivity contribution in [3.63, 3.8) is 0 Å². The quantitative estimate of drug-likeness (QED) is 0.852. The molecule has 5 heteroatoms. The maximum absolute atomic E-state index is 12.2. The minimum Gasteiger partial charge on any atom is -0.459 e. The summed E-state index contributed by atoms with van der Waals surface area (Å²) in [6.45, 7) is 5.91. The first-order chi connectivity index (χ1) is 9.90. The minimum absolute atomic E-state index is 0.104. The van der Waals surface area contributed by atoms with Gasteiger partial charge in [-0.05, 0) is 51.9 Å². The van der Waals surface area contributed by atoms with E-state index < -0.39 is 5.60 Å². The number of hydrogen-bond donors (Lipinski definition) is 1. The number of piperidine rings is 1. The normalized spacial score (nSPS) is 16.8. The molecule has 0 unspecified atom stereocenters. The zero-order chi connectivity index (χ0) is 15.5. The van der Waals surface area contributed by atoms with E-state index in [0.717, 1.165) is 25.9 Å². The minimum atomic E-state index is -0.465. The first-order valence-electron chi connectivity index (χ1n) is 7.25. The molecule has 0 amide bonds. The van der Waals surface area contributed by atoms with Gasteiger partial charge in [0.2, 0.25) is 0 Å².